The predicted octanol–water partition coefficient (Wildman–Crippen LogP) is 1.44. The molecule has 1 aliphatic heterocycles. The van der Waals surface area contributed by atoms with Crippen LogP contribution in [0.2, 0.25) is 0 Å². The number of aromatic nitrogens is 5. The third-order valence-corrected chi connectivity index (χ3v) is 4.07. The lowest BCUT2D eigenvalue weighted by atomic mass is 10.1. The number of anilines is 1. The maximum absolute atomic E-state index is 5.87. The molecule has 1 aromatic carbocycles. The SMILES string of the molecule is Cc1ccc2ncnc(N3CCO[C@@H](Cn4ccnn4)C3)c2c1. The van der Waals surface area contributed by atoms with Crippen LogP contribution in [0.1, 0.15) is 5.56 Å². The van der Waals surface area contributed by atoms with Gasteiger partial charge in [0.15, 0.2) is 0 Å². The summed E-state index contributed by atoms with van der Waals surface area (Å²) < 4.78 is 7.67. The average molecular weight is 310 g/mol. The summed E-state index contributed by atoms with van der Waals surface area (Å²) in [5.74, 6) is 0.977. The maximum atomic E-state index is 5.87. The zero-order valence-corrected chi connectivity index (χ0v) is 13.0. The first kappa shape index (κ1) is 14.1. The highest BCUT2D eigenvalue weighted by atomic mass is 16.5. The summed E-state index contributed by atoms with van der Waals surface area (Å²) in [6, 6.07) is 6.27. The molecule has 23 heavy (non-hydrogen) atoms. The van der Waals surface area contributed by atoms with E-state index in [1.165, 1.54) is 5.56 Å². The molecule has 118 valence electrons. The first-order valence-corrected chi connectivity index (χ1v) is 7.71. The van der Waals surface area contributed by atoms with Gasteiger partial charge in [-0.15, -0.1) is 5.10 Å². The zero-order valence-electron chi connectivity index (χ0n) is 13.0. The van der Waals surface area contributed by atoms with Crippen LogP contribution in [0.3, 0.4) is 0 Å². The molecule has 7 heteroatoms. The van der Waals surface area contributed by atoms with E-state index in [-0.39, 0.29) is 6.10 Å². The lowest BCUT2D eigenvalue weighted by molar-refractivity contribution is 0.0269. The van der Waals surface area contributed by atoms with Crippen molar-refractivity contribution in [2.24, 2.45) is 0 Å². The van der Waals surface area contributed by atoms with Crippen molar-refractivity contribution in [3.05, 3.63) is 42.5 Å². The van der Waals surface area contributed by atoms with E-state index in [1.54, 1.807) is 17.2 Å². The van der Waals surface area contributed by atoms with Gasteiger partial charge < -0.3 is 9.64 Å². The van der Waals surface area contributed by atoms with Gasteiger partial charge in [-0.05, 0) is 19.1 Å². The molecule has 0 amide bonds. The zero-order chi connectivity index (χ0) is 15.6. The van der Waals surface area contributed by atoms with Crippen molar-refractivity contribution >= 4 is 16.7 Å². The largest absolute Gasteiger partial charge is 0.373 e. The van der Waals surface area contributed by atoms with E-state index >= 15 is 0 Å². The summed E-state index contributed by atoms with van der Waals surface area (Å²) in [6.45, 7) is 5.06. The fraction of sp³-hybridized carbons (Fsp3) is 0.375. The van der Waals surface area contributed by atoms with Crippen molar-refractivity contribution in [3.63, 3.8) is 0 Å². The van der Waals surface area contributed by atoms with Crippen LogP contribution in [-0.4, -0.2) is 50.8 Å². The first-order valence-electron chi connectivity index (χ1n) is 7.71. The minimum absolute atomic E-state index is 0.0697. The van der Waals surface area contributed by atoms with E-state index in [1.807, 2.05) is 12.3 Å². The van der Waals surface area contributed by atoms with E-state index in [9.17, 15) is 0 Å². The van der Waals surface area contributed by atoms with Crippen LogP contribution in [0, 0.1) is 6.92 Å². The van der Waals surface area contributed by atoms with Crippen LogP contribution in [0.5, 0.6) is 0 Å². The molecule has 0 aliphatic carbocycles. The molecular weight excluding hydrogens is 292 g/mol. The fourth-order valence-corrected chi connectivity index (χ4v) is 2.97. The van der Waals surface area contributed by atoms with Gasteiger partial charge in [-0.25, -0.2) is 14.6 Å². The summed E-state index contributed by atoms with van der Waals surface area (Å²) in [7, 11) is 0. The molecule has 1 saturated heterocycles. The molecule has 4 rings (SSSR count). The van der Waals surface area contributed by atoms with E-state index in [2.05, 4.69) is 44.2 Å². The number of benzene rings is 1. The third-order valence-electron chi connectivity index (χ3n) is 4.07. The maximum Gasteiger partial charge on any atom is 0.140 e. The number of fused-ring (bicyclic) bond motifs is 1. The molecule has 7 nitrogen and oxygen atoms in total. The third kappa shape index (κ3) is 2.87. The van der Waals surface area contributed by atoms with Crippen molar-refractivity contribution in [1.29, 1.82) is 0 Å². The first-order chi connectivity index (χ1) is 11.3. The van der Waals surface area contributed by atoms with Crippen molar-refractivity contribution in [1.82, 2.24) is 25.0 Å². The number of nitrogens with zero attached hydrogens (tertiary/aromatic N) is 6. The van der Waals surface area contributed by atoms with Crippen molar-refractivity contribution < 1.29 is 4.74 Å². The number of aryl methyl sites for hydroxylation is 1. The van der Waals surface area contributed by atoms with Gasteiger partial charge in [-0.2, -0.15) is 0 Å². The van der Waals surface area contributed by atoms with Gasteiger partial charge >= 0.3 is 0 Å². The Hall–Kier alpha value is -2.54. The van der Waals surface area contributed by atoms with E-state index in [0.29, 0.717) is 13.2 Å². The molecule has 3 aromatic rings. The molecule has 1 fully saturated rings. The standard InChI is InChI=1S/C16H18N6O/c1-12-2-3-15-14(8-12)16(18-11-17-15)21-6-7-23-13(9-21)10-22-5-4-19-20-22/h2-5,8,11,13H,6-7,9-10H2,1H3/t13-/m1/s1. The Kier molecular flexibility index (Phi) is 3.63. The van der Waals surface area contributed by atoms with Gasteiger partial charge in [0.2, 0.25) is 0 Å². The van der Waals surface area contributed by atoms with Gasteiger partial charge in [0.25, 0.3) is 0 Å². The number of hydrogen-bond acceptors (Lipinski definition) is 6. The molecule has 0 N–H and O–H groups in total. The lowest BCUT2D eigenvalue weighted by Gasteiger charge is -2.34. The molecule has 1 aliphatic rings. The second-order valence-electron chi connectivity index (χ2n) is 5.78. The predicted molar refractivity (Wildman–Crippen MR) is 86.3 cm³/mol. The Balaban J connectivity index is 1.61. The monoisotopic (exact) mass is 310 g/mol. The van der Waals surface area contributed by atoms with Crippen LogP contribution in [0.25, 0.3) is 10.9 Å². The molecule has 0 saturated carbocycles. The molecule has 0 bridgehead atoms. The Labute approximate surface area is 133 Å². The van der Waals surface area contributed by atoms with E-state index < -0.39 is 0 Å². The summed E-state index contributed by atoms with van der Waals surface area (Å²) in [4.78, 5) is 11.2. The van der Waals surface area contributed by atoms with Crippen LogP contribution < -0.4 is 4.90 Å². The fourth-order valence-electron chi connectivity index (χ4n) is 2.97. The van der Waals surface area contributed by atoms with Gasteiger partial charge in [-0.1, -0.05) is 16.8 Å². The summed E-state index contributed by atoms with van der Waals surface area (Å²) in [5.41, 5.74) is 2.18. The summed E-state index contributed by atoms with van der Waals surface area (Å²) >= 11 is 0. The molecule has 1 atom stereocenters. The highest BCUT2D eigenvalue weighted by Gasteiger charge is 2.23. The number of ether oxygens (including phenoxy) is 1. The molecule has 0 unspecified atom stereocenters. The minimum atomic E-state index is 0.0697. The summed E-state index contributed by atoms with van der Waals surface area (Å²) in [6.07, 6.45) is 5.24. The second kappa shape index (κ2) is 5.92. The van der Waals surface area contributed by atoms with E-state index in [4.69, 9.17) is 4.74 Å². The molecular formula is C16H18N6O. The Morgan fingerprint density at radius 3 is 3.13 bits per heavy atom. The van der Waals surface area contributed by atoms with Gasteiger partial charge in [0, 0.05) is 24.7 Å². The number of rotatable bonds is 3. The highest BCUT2D eigenvalue weighted by Crippen LogP contribution is 2.25. The molecule has 2 aromatic heterocycles. The van der Waals surface area contributed by atoms with Gasteiger partial charge in [0.05, 0.1) is 31.0 Å². The number of morpholine rings is 1. The normalized spacial score (nSPS) is 18.5. The Bertz CT molecular complexity index is 803. The smallest absolute Gasteiger partial charge is 0.140 e. The molecule has 3 heterocycles. The summed E-state index contributed by atoms with van der Waals surface area (Å²) in [5, 5.41) is 8.94. The number of hydrogen-bond donors (Lipinski definition) is 0. The van der Waals surface area contributed by atoms with Crippen molar-refractivity contribution in [3.8, 4) is 0 Å². The van der Waals surface area contributed by atoms with Crippen LogP contribution in [-0.2, 0) is 11.3 Å². The van der Waals surface area contributed by atoms with Crippen LogP contribution in [0.15, 0.2) is 36.9 Å². The van der Waals surface area contributed by atoms with Gasteiger partial charge in [0.1, 0.15) is 12.1 Å². The topological polar surface area (TPSA) is 69.0 Å². The van der Waals surface area contributed by atoms with Crippen LogP contribution in [0.4, 0.5) is 5.82 Å². The van der Waals surface area contributed by atoms with Gasteiger partial charge in [-0.3, -0.25) is 0 Å². The highest BCUT2D eigenvalue weighted by molar-refractivity contribution is 5.89. The molecule has 0 spiro atoms. The van der Waals surface area contributed by atoms with E-state index in [0.717, 1.165) is 29.8 Å². The van der Waals surface area contributed by atoms with Crippen molar-refractivity contribution in [2.75, 3.05) is 24.6 Å². The molecule has 0 radical (unpaired) electrons. The Morgan fingerprint density at radius 1 is 1.30 bits per heavy atom. The second-order valence-corrected chi connectivity index (χ2v) is 5.78. The average Bonchev–Trinajstić information content (AvgIpc) is 3.07. The Morgan fingerprint density at radius 2 is 2.26 bits per heavy atom. The van der Waals surface area contributed by atoms with Crippen molar-refractivity contribution in [2.45, 2.75) is 19.6 Å². The van der Waals surface area contributed by atoms with Crippen LogP contribution >= 0.6 is 0 Å². The minimum Gasteiger partial charge on any atom is -0.373 e. The quantitative estimate of drug-likeness (QED) is 0.729. The lowest BCUT2D eigenvalue weighted by Crippen LogP contribution is -2.44.